The molecule has 1 aromatic heterocycles. The minimum Gasteiger partial charge on any atom is -0.487 e. The van der Waals surface area contributed by atoms with Gasteiger partial charge in [0, 0.05) is 35.8 Å². The number of para-hydroxylation sites is 1. The van der Waals surface area contributed by atoms with E-state index < -0.39 is 0 Å². The molecule has 2 heterocycles. The molecule has 0 saturated carbocycles. The van der Waals surface area contributed by atoms with E-state index >= 15 is 0 Å². The summed E-state index contributed by atoms with van der Waals surface area (Å²) < 4.78 is 20.0. The van der Waals surface area contributed by atoms with E-state index in [4.69, 9.17) is 4.74 Å². The van der Waals surface area contributed by atoms with Gasteiger partial charge in [0.1, 0.15) is 17.2 Å². The van der Waals surface area contributed by atoms with Gasteiger partial charge in [-0.3, -0.25) is 4.98 Å². The van der Waals surface area contributed by atoms with Gasteiger partial charge in [0.2, 0.25) is 0 Å². The Morgan fingerprint density at radius 2 is 2.09 bits per heavy atom. The lowest BCUT2D eigenvalue weighted by Gasteiger charge is -2.39. The lowest BCUT2D eigenvalue weighted by atomic mass is 9.89. The monoisotopic (exact) mass is 300 g/mol. The Bertz CT molecular complexity index is 672. The van der Waals surface area contributed by atoms with Crippen molar-refractivity contribution in [2.45, 2.75) is 44.9 Å². The van der Waals surface area contributed by atoms with Gasteiger partial charge in [-0.15, -0.1) is 0 Å². The van der Waals surface area contributed by atoms with Crippen LogP contribution in [0, 0.1) is 5.82 Å². The largest absolute Gasteiger partial charge is 0.487 e. The van der Waals surface area contributed by atoms with Gasteiger partial charge in [-0.2, -0.15) is 0 Å². The van der Waals surface area contributed by atoms with Gasteiger partial charge in [0.25, 0.3) is 0 Å². The number of hydrogen-bond donors (Lipinski definition) is 1. The van der Waals surface area contributed by atoms with E-state index in [2.05, 4.69) is 30.2 Å². The smallest absolute Gasteiger partial charge is 0.146 e. The fourth-order valence-electron chi connectivity index (χ4n) is 3.08. The summed E-state index contributed by atoms with van der Waals surface area (Å²) in [5, 5.41) is 3.54. The molecule has 116 valence electrons. The second-order valence-corrected chi connectivity index (χ2v) is 6.44. The lowest BCUT2D eigenvalue weighted by Crippen LogP contribution is -2.40. The van der Waals surface area contributed by atoms with E-state index in [1.165, 1.54) is 6.20 Å². The van der Waals surface area contributed by atoms with Gasteiger partial charge < -0.3 is 10.1 Å². The Balaban J connectivity index is 1.87. The molecule has 3 rings (SSSR count). The number of ether oxygens (including phenoxy) is 1. The first-order valence-corrected chi connectivity index (χ1v) is 7.60. The molecule has 22 heavy (non-hydrogen) atoms. The van der Waals surface area contributed by atoms with Crippen molar-refractivity contribution in [2.75, 3.05) is 0 Å². The molecule has 1 aliphatic heterocycles. The predicted octanol–water partition coefficient (Wildman–Crippen LogP) is 4.17. The maximum Gasteiger partial charge on any atom is 0.146 e. The molecule has 2 atom stereocenters. The highest BCUT2D eigenvalue weighted by Crippen LogP contribution is 2.40. The van der Waals surface area contributed by atoms with Gasteiger partial charge in [-0.1, -0.05) is 18.2 Å². The molecule has 0 fully saturated rings. The molecule has 0 bridgehead atoms. The second-order valence-electron chi connectivity index (χ2n) is 6.44. The van der Waals surface area contributed by atoms with Crippen LogP contribution in [0.2, 0.25) is 0 Å². The molecule has 1 aromatic carbocycles. The molecular weight excluding hydrogens is 279 g/mol. The van der Waals surface area contributed by atoms with E-state index in [1.54, 1.807) is 12.3 Å². The van der Waals surface area contributed by atoms with Crippen LogP contribution in [0.5, 0.6) is 5.75 Å². The lowest BCUT2D eigenvalue weighted by molar-refractivity contribution is 0.0640. The average molecular weight is 300 g/mol. The summed E-state index contributed by atoms with van der Waals surface area (Å²) in [6.07, 6.45) is 3.72. The summed E-state index contributed by atoms with van der Waals surface area (Å²) >= 11 is 0. The normalized spacial score (nSPS) is 20.8. The maximum absolute atomic E-state index is 13.9. The van der Waals surface area contributed by atoms with Crippen LogP contribution < -0.4 is 10.1 Å². The Kier molecular flexibility index (Phi) is 3.87. The summed E-state index contributed by atoms with van der Waals surface area (Å²) in [6, 6.07) is 9.79. The molecule has 0 amide bonds. The molecule has 0 spiro atoms. The number of aromatic nitrogens is 1. The number of pyridine rings is 1. The molecule has 1 aliphatic rings. The van der Waals surface area contributed by atoms with Gasteiger partial charge >= 0.3 is 0 Å². The fourth-order valence-corrected chi connectivity index (χ4v) is 3.08. The first-order chi connectivity index (χ1) is 10.5. The molecular formula is C18H21FN2O. The molecule has 0 aliphatic carbocycles. The summed E-state index contributed by atoms with van der Waals surface area (Å²) in [6.45, 7) is 6.13. The van der Waals surface area contributed by atoms with Crippen molar-refractivity contribution in [3.63, 3.8) is 0 Å². The molecule has 0 unspecified atom stereocenters. The minimum absolute atomic E-state index is 0.102. The minimum atomic E-state index is -0.276. The predicted molar refractivity (Wildman–Crippen MR) is 84.3 cm³/mol. The number of hydrogen-bond acceptors (Lipinski definition) is 3. The van der Waals surface area contributed by atoms with Crippen LogP contribution in [0.15, 0.2) is 42.7 Å². The number of nitrogens with one attached hydrogen (secondary N) is 1. The van der Waals surface area contributed by atoms with Crippen LogP contribution in [0.1, 0.15) is 50.4 Å². The Morgan fingerprint density at radius 1 is 1.32 bits per heavy atom. The van der Waals surface area contributed by atoms with Gasteiger partial charge in [0.05, 0.1) is 6.20 Å². The van der Waals surface area contributed by atoms with Crippen molar-refractivity contribution in [1.82, 2.24) is 10.3 Å². The van der Waals surface area contributed by atoms with E-state index in [-0.39, 0.29) is 23.5 Å². The Labute approximate surface area is 130 Å². The van der Waals surface area contributed by atoms with E-state index in [0.717, 1.165) is 17.7 Å². The summed E-state index contributed by atoms with van der Waals surface area (Å²) in [4.78, 5) is 3.81. The third kappa shape index (κ3) is 2.97. The highest BCUT2D eigenvalue weighted by atomic mass is 19.1. The zero-order valence-electron chi connectivity index (χ0n) is 13.1. The second kappa shape index (κ2) is 5.69. The highest BCUT2D eigenvalue weighted by molar-refractivity contribution is 5.39. The van der Waals surface area contributed by atoms with Gasteiger partial charge in [0.15, 0.2) is 0 Å². The van der Waals surface area contributed by atoms with Crippen molar-refractivity contribution in [3.8, 4) is 5.75 Å². The van der Waals surface area contributed by atoms with E-state index in [1.807, 2.05) is 25.1 Å². The standard InChI is InChI=1S/C18H21FN2O/c1-12(13-8-9-20-11-15(13)19)21-16-10-18(2,3)22-17-7-5-4-6-14(16)17/h4-9,11-12,16,21H,10H2,1-3H3/t12-,16-/m0/s1. The van der Waals surface area contributed by atoms with Gasteiger partial charge in [-0.05, 0) is 32.9 Å². The zero-order valence-corrected chi connectivity index (χ0v) is 13.1. The molecule has 3 nitrogen and oxygen atoms in total. The first-order valence-electron chi connectivity index (χ1n) is 7.60. The third-order valence-electron chi connectivity index (χ3n) is 4.10. The van der Waals surface area contributed by atoms with Crippen molar-refractivity contribution < 1.29 is 9.13 Å². The summed E-state index contributed by atoms with van der Waals surface area (Å²) in [7, 11) is 0. The Morgan fingerprint density at radius 3 is 2.86 bits per heavy atom. The average Bonchev–Trinajstić information content (AvgIpc) is 2.46. The van der Waals surface area contributed by atoms with Crippen LogP contribution >= 0.6 is 0 Å². The topological polar surface area (TPSA) is 34.1 Å². The number of fused-ring (bicyclic) bond motifs is 1. The molecule has 1 N–H and O–H groups in total. The first kappa shape index (κ1) is 15.0. The number of rotatable bonds is 3. The molecule has 0 saturated heterocycles. The van der Waals surface area contributed by atoms with E-state index in [0.29, 0.717) is 5.56 Å². The van der Waals surface area contributed by atoms with Crippen molar-refractivity contribution in [1.29, 1.82) is 0 Å². The third-order valence-corrected chi connectivity index (χ3v) is 4.10. The summed E-state index contributed by atoms with van der Waals surface area (Å²) in [5.41, 5.74) is 1.52. The van der Waals surface area contributed by atoms with Crippen LogP contribution in [0.3, 0.4) is 0 Å². The quantitative estimate of drug-likeness (QED) is 0.923. The zero-order chi connectivity index (χ0) is 15.7. The van der Waals surface area contributed by atoms with Crippen molar-refractivity contribution in [3.05, 3.63) is 59.7 Å². The van der Waals surface area contributed by atoms with Crippen molar-refractivity contribution in [2.24, 2.45) is 0 Å². The van der Waals surface area contributed by atoms with Crippen LogP contribution in [0.4, 0.5) is 4.39 Å². The number of halogens is 1. The molecule has 2 aromatic rings. The van der Waals surface area contributed by atoms with Crippen LogP contribution in [0.25, 0.3) is 0 Å². The van der Waals surface area contributed by atoms with E-state index in [9.17, 15) is 4.39 Å². The van der Waals surface area contributed by atoms with Crippen LogP contribution in [-0.2, 0) is 0 Å². The van der Waals surface area contributed by atoms with Crippen LogP contribution in [-0.4, -0.2) is 10.6 Å². The Hall–Kier alpha value is -1.94. The van der Waals surface area contributed by atoms with Gasteiger partial charge in [-0.25, -0.2) is 4.39 Å². The van der Waals surface area contributed by atoms with Crippen molar-refractivity contribution >= 4 is 0 Å². The number of benzene rings is 1. The highest BCUT2D eigenvalue weighted by Gasteiger charge is 2.34. The number of nitrogens with zero attached hydrogens (tertiary/aromatic N) is 1. The maximum atomic E-state index is 13.9. The SMILES string of the molecule is C[C@H](N[C@H]1CC(C)(C)Oc2ccccc21)c1ccncc1F. The molecule has 0 radical (unpaired) electrons. The summed E-state index contributed by atoms with van der Waals surface area (Å²) in [5.74, 6) is 0.626. The molecule has 4 heteroatoms. The fraction of sp³-hybridized carbons (Fsp3) is 0.389.